The molecule has 0 spiro atoms. The van der Waals surface area contributed by atoms with Gasteiger partial charge in [-0.1, -0.05) is 6.07 Å². The predicted octanol–water partition coefficient (Wildman–Crippen LogP) is 0.283. The van der Waals surface area contributed by atoms with Gasteiger partial charge in [0.05, 0.1) is 5.69 Å². The van der Waals surface area contributed by atoms with Crippen LogP contribution in [0.25, 0.3) is 0 Å². The number of pyridine rings is 2. The Kier molecular flexibility index (Phi) is 4.61. The van der Waals surface area contributed by atoms with Crippen molar-refractivity contribution < 1.29 is 8.42 Å². The summed E-state index contributed by atoms with van der Waals surface area (Å²) in [6.07, 6.45) is 3.56. The van der Waals surface area contributed by atoms with Crippen molar-refractivity contribution in [2.45, 2.75) is 11.4 Å². The van der Waals surface area contributed by atoms with Crippen LogP contribution in [0.15, 0.2) is 47.8 Å². The van der Waals surface area contributed by atoms with Crippen molar-refractivity contribution in [3.63, 3.8) is 0 Å². The molecule has 7 nitrogen and oxygen atoms in total. The number of hydrazine groups is 1. The molecule has 4 N–H and O–H groups in total. The summed E-state index contributed by atoms with van der Waals surface area (Å²) in [4.78, 5) is 7.96. The number of nitrogens with one attached hydrogen (secondary N) is 2. The molecule has 2 heterocycles. The number of nitrogens with two attached hydrogens (primary N) is 1. The Morgan fingerprint density at radius 2 is 1.90 bits per heavy atom. The summed E-state index contributed by atoms with van der Waals surface area (Å²) in [5.74, 6) is 5.27. The number of rotatable bonds is 6. The van der Waals surface area contributed by atoms with Gasteiger partial charge in [0.15, 0.2) is 5.03 Å². The maximum absolute atomic E-state index is 12.1. The van der Waals surface area contributed by atoms with Crippen LogP contribution in [0.4, 0.5) is 5.69 Å². The normalized spacial score (nSPS) is 11.2. The van der Waals surface area contributed by atoms with Crippen molar-refractivity contribution in [2.24, 2.45) is 5.84 Å². The lowest BCUT2D eigenvalue weighted by Crippen LogP contribution is -2.28. The second-order valence-electron chi connectivity index (χ2n) is 3.97. The highest BCUT2D eigenvalue weighted by Gasteiger charge is 2.19. The Hall–Kier alpha value is -2.03. The smallest absolute Gasteiger partial charge is 0.260 e. The average molecular weight is 293 g/mol. The fourth-order valence-corrected chi connectivity index (χ4v) is 2.77. The van der Waals surface area contributed by atoms with E-state index in [1.54, 1.807) is 24.4 Å². The zero-order chi connectivity index (χ0) is 14.4. The van der Waals surface area contributed by atoms with Gasteiger partial charge in [0.1, 0.15) is 0 Å². The third-order valence-corrected chi connectivity index (χ3v) is 4.00. The first kappa shape index (κ1) is 14.4. The van der Waals surface area contributed by atoms with Crippen LogP contribution in [0.3, 0.4) is 0 Å². The van der Waals surface area contributed by atoms with E-state index in [9.17, 15) is 8.42 Å². The van der Waals surface area contributed by atoms with Gasteiger partial charge in [-0.3, -0.25) is 10.8 Å². The van der Waals surface area contributed by atoms with Gasteiger partial charge < -0.3 is 5.43 Å². The molecule has 0 aromatic carbocycles. The third-order valence-electron chi connectivity index (χ3n) is 2.58. The number of hydrogen-bond acceptors (Lipinski definition) is 6. The number of anilines is 1. The topological polar surface area (TPSA) is 110 Å². The molecule has 0 saturated carbocycles. The van der Waals surface area contributed by atoms with E-state index < -0.39 is 10.0 Å². The summed E-state index contributed by atoms with van der Waals surface area (Å²) in [6, 6.07) is 8.64. The quantitative estimate of drug-likeness (QED) is 0.521. The molecule has 0 unspecified atom stereocenters. The molecule has 0 amide bonds. The van der Waals surface area contributed by atoms with Crippen molar-refractivity contribution in [3.8, 4) is 0 Å². The molecule has 8 heteroatoms. The lowest BCUT2D eigenvalue weighted by atomic mass is 10.3. The molecule has 2 aromatic heterocycles. The lowest BCUT2D eigenvalue weighted by molar-refractivity contribution is 0.578. The predicted molar refractivity (Wildman–Crippen MR) is 75.2 cm³/mol. The van der Waals surface area contributed by atoms with Crippen LogP contribution in [-0.2, 0) is 16.4 Å². The molecule has 20 heavy (non-hydrogen) atoms. The molecule has 0 aliphatic rings. The molecule has 106 valence electrons. The Labute approximate surface area is 117 Å². The number of nitrogen functional groups attached to an aromatic ring is 1. The summed E-state index contributed by atoms with van der Waals surface area (Å²) in [6.45, 7) is 0.236. The monoisotopic (exact) mass is 293 g/mol. The fourth-order valence-electron chi connectivity index (χ4n) is 1.64. The summed E-state index contributed by atoms with van der Waals surface area (Å²) in [7, 11) is -3.70. The zero-order valence-corrected chi connectivity index (χ0v) is 11.5. The molecule has 0 atom stereocenters. The number of sulfonamides is 1. The van der Waals surface area contributed by atoms with E-state index in [-0.39, 0.29) is 17.3 Å². The van der Waals surface area contributed by atoms with E-state index in [2.05, 4.69) is 20.1 Å². The molecular formula is C12H15N5O2S. The highest BCUT2D eigenvalue weighted by molar-refractivity contribution is 7.89. The average Bonchev–Trinajstić information content (AvgIpc) is 2.48. The Morgan fingerprint density at radius 3 is 2.60 bits per heavy atom. The van der Waals surface area contributed by atoms with Crippen LogP contribution in [0.1, 0.15) is 5.69 Å². The van der Waals surface area contributed by atoms with Gasteiger partial charge in [0.2, 0.25) is 0 Å². The zero-order valence-electron chi connectivity index (χ0n) is 10.7. The number of hydrogen-bond donors (Lipinski definition) is 3. The summed E-state index contributed by atoms with van der Waals surface area (Å²) >= 11 is 0. The standard InChI is InChI=1S/C12H15N5O2S/c13-17-11-5-3-8-15-12(11)20(18,19)16-9-6-10-4-1-2-7-14-10/h1-5,7-8,16-17H,6,9,13H2. The minimum absolute atomic E-state index is 0.122. The van der Waals surface area contributed by atoms with Gasteiger partial charge in [0, 0.05) is 31.1 Å². The van der Waals surface area contributed by atoms with Crippen molar-refractivity contribution >= 4 is 15.7 Å². The molecule has 0 aliphatic heterocycles. The minimum atomic E-state index is -3.70. The molecule has 0 fully saturated rings. The molecule has 0 radical (unpaired) electrons. The van der Waals surface area contributed by atoms with Crippen molar-refractivity contribution in [1.29, 1.82) is 0 Å². The molecule has 2 aromatic rings. The maximum atomic E-state index is 12.1. The maximum Gasteiger partial charge on any atom is 0.260 e. The van der Waals surface area contributed by atoms with Gasteiger partial charge in [-0.15, -0.1) is 0 Å². The van der Waals surface area contributed by atoms with Crippen LogP contribution in [-0.4, -0.2) is 24.9 Å². The van der Waals surface area contributed by atoms with Crippen LogP contribution in [0.5, 0.6) is 0 Å². The molecule has 0 aliphatic carbocycles. The van der Waals surface area contributed by atoms with E-state index >= 15 is 0 Å². The van der Waals surface area contributed by atoms with Crippen LogP contribution in [0.2, 0.25) is 0 Å². The highest BCUT2D eigenvalue weighted by Crippen LogP contribution is 2.16. The molecule has 0 saturated heterocycles. The molecule has 0 bridgehead atoms. The second-order valence-corrected chi connectivity index (χ2v) is 5.65. The lowest BCUT2D eigenvalue weighted by Gasteiger charge is -2.09. The van der Waals surface area contributed by atoms with Crippen molar-refractivity contribution in [1.82, 2.24) is 14.7 Å². The summed E-state index contributed by atoms with van der Waals surface area (Å²) in [5, 5.41) is -0.122. The fraction of sp³-hybridized carbons (Fsp3) is 0.167. The summed E-state index contributed by atoms with van der Waals surface area (Å²) < 4.78 is 26.7. The van der Waals surface area contributed by atoms with Gasteiger partial charge in [-0.25, -0.2) is 18.1 Å². The van der Waals surface area contributed by atoms with Crippen LogP contribution >= 0.6 is 0 Å². The van der Waals surface area contributed by atoms with Crippen molar-refractivity contribution in [3.05, 3.63) is 48.4 Å². The Balaban J connectivity index is 2.04. The van der Waals surface area contributed by atoms with E-state index in [1.165, 1.54) is 6.20 Å². The van der Waals surface area contributed by atoms with Gasteiger partial charge in [-0.2, -0.15) is 0 Å². The minimum Gasteiger partial charge on any atom is -0.321 e. The van der Waals surface area contributed by atoms with E-state index in [4.69, 9.17) is 5.84 Å². The van der Waals surface area contributed by atoms with Crippen molar-refractivity contribution in [2.75, 3.05) is 12.0 Å². The molecule has 2 rings (SSSR count). The first-order chi connectivity index (χ1) is 9.63. The van der Waals surface area contributed by atoms with Crippen LogP contribution in [0, 0.1) is 0 Å². The second kappa shape index (κ2) is 6.42. The van der Waals surface area contributed by atoms with E-state index in [1.807, 2.05) is 12.1 Å². The Morgan fingerprint density at radius 1 is 1.10 bits per heavy atom. The largest absolute Gasteiger partial charge is 0.321 e. The van der Waals surface area contributed by atoms with E-state index in [0.29, 0.717) is 6.42 Å². The SMILES string of the molecule is NNc1cccnc1S(=O)(=O)NCCc1ccccn1. The number of nitrogens with zero attached hydrogens (tertiary/aromatic N) is 2. The highest BCUT2D eigenvalue weighted by atomic mass is 32.2. The number of aromatic nitrogens is 2. The summed E-state index contributed by atoms with van der Waals surface area (Å²) in [5.41, 5.74) is 3.38. The first-order valence-corrected chi connectivity index (χ1v) is 7.43. The van der Waals surface area contributed by atoms with Crippen LogP contribution < -0.4 is 16.0 Å². The molecular weight excluding hydrogens is 278 g/mol. The van der Waals surface area contributed by atoms with Gasteiger partial charge >= 0.3 is 0 Å². The van der Waals surface area contributed by atoms with Gasteiger partial charge in [-0.05, 0) is 24.3 Å². The first-order valence-electron chi connectivity index (χ1n) is 5.94. The van der Waals surface area contributed by atoms with Gasteiger partial charge in [0.25, 0.3) is 10.0 Å². The Bertz CT molecular complexity index is 661. The van der Waals surface area contributed by atoms with E-state index in [0.717, 1.165) is 5.69 Å². The third kappa shape index (κ3) is 3.50.